The standard InChI is InChI=1S/C7H6F3NO/c8-7(9,10)6-5(4-12)2-1-3-11-6/h1-3,12H,4H2/i4D2. The Labute approximate surface area is 69.5 Å². The van der Waals surface area contributed by atoms with E-state index in [1.54, 1.807) is 0 Å². The van der Waals surface area contributed by atoms with Gasteiger partial charge in [0, 0.05) is 11.8 Å². The van der Waals surface area contributed by atoms with Gasteiger partial charge in [0.1, 0.15) is 5.69 Å². The Morgan fingerprint density at radius 2 is 2.25 bits per heavy atom. The Morgan fingerprint density at radius 3 is 2.67 bits per heavy atom. The van der Waals surface area contributed by atoms with Crippen molar-refractivity contribution in [2.45, 2.75) is 12.7 Å². The van der Waals surface area contributed by atoms with Crippen molar-refractivity contribution in [2.24, 2.45) is 0 Å². The molecule has 0 radical (unpaired) electrons. The van der Waals surface area contributed by atoms with Crippen LogP contribution >= 0.6 is 0 Å². The monoisotopic (exact) mass is 179 g/mol. The topological polar surface area (TPSA) is 33.1 Å². The smallest absolute Gasteiger partial charge is 0.392 e. The van der Waals surface area contributed by atoms with Gasteiger partial charge in [0.2, 0.25) is 0 Å². The van der Waals surface area contributed by atoms with Crippen LogP contribution < -0.4 is 0 Å². The van der Waals surface area contributed by atoms with E-state index in [2.05, 4.69) is 4.98 Å². The maximum absolute atomic E-state index is 12.2. The van der Waals surface area contributed by atoms with E-state index < -0.39 is 24.0 Å². The number of rotatable bonds is 1. The van der Waals surface area contributed by atoms with Crippen LogP contribution in [-0.2, 0) is 12.7 Å². The van der Waals surface area contributed by atoms with E-state index in [1.165, 1.54) is 0 Å². The summed E-state index contributed by atoms with van der Waals surface area (Å²) in [6.07, 6.45) is -3.88. The number of pyridine rings is 1. The highest BCUT2D eigenvalue weighted by molar-refractivity contribution is 5.21. The van der Waals surface area contributed by atoms with Gasteiger partial charge in [-0.3, -0.25) is 4.98 Å². The quantitative estimate of drug-likeness (QED) is 0.710. The molecule has 0 saturated carbocycles. The van der Waals surface area contributed by atoms with Gasteiger partial charge in [-0.2, -0.15) is 13.2 Å². The van der Waals surface area contributed by atoms with E-state index in [0.29, 0.717) is 0 Å². The zero-order chi connectivity index (χ0) is 11.0. The second-order valence-corrected chi connectivity index (χ2v) is 2.01. The highest BCUT2D eigenvalue weighted by atomic mass is 19.4. The Morgan fingerprint density at radius 1 is 1.58 bits per heavy atom. The molecule has 0 aromatic carbocycles. The van der Waals surface area contributed by atoms with Crippen molar-refractivity contribution in [1.82, 2.24) is 4.98 Å². The van der Waals surface area contributed by atoms with Gasteiger partial charge in [0.05, 0.1) is 9.30 Å². The van der Waals surface area contributed by atoms with Gasteiger partial charge in [-0.25, -0.2) is 0 Å². The Hall–Kier alpha value is -1.10. The first-order valence-electron chi connectivity index (χ1n) is 3.98. The van der Waals surface area contributed by atoms with E-state index in [1.807, 2.05) is 0 Å². The van der Waals surface area contributed by atoms with Crippen LogP contribution in [0, 0.1) is 0 Å². The molecule has 5 heteroatoms. The molecule has 0 unspecified atom stereocenters. The van der Waals surface area contributed by atoms with Gasteiger partial charge in [-0.1, -0.05) is 6.07 Å². The molecule has 1 rings (SSSR count). The molecule has 1 aromatic heterocycles. The first-order valence-corrected chi connectivity index (χ1v) is 2.98. The van der Waals surface area contributed by atoms with Crippen LogP contribution in [0.15, 0.2) is 18.3 Å². The summed E-state index contributed by atoms with van der Waals surface area (Å²) in [5.74, 6) is 0. The third-order valence-corrected chi connectivity index (χ3v) is 1.20. The zero-order valence-electron chi connectivity index (χ0n) is 7.76. The molecule has 0 bridgehead atoms. The van der Waals surface area contributed by atoms with Gasteiger partial charge in [0.15, 0.2) is 0 Å². The molecular weight excluding hydrogens is 171 g/mol. The third kappa shape index (κ3) is 1.73. The highest BCUT2D eigenvalue weighted by Crippen LogP contribution is 2.29. The number of hydrogen-bond acceptors (Lipinski definition) is 2. The molecule has 0 saturated heterocycles. The largest absolute Gasteiger partial charge is 0.433 e. The van der Waals surface area contributed by atoms with E-state index >= 15 is 0 Å². The predicted octanol–water partition coefficient (Wildman–Crippen LogP) is 1.59. The minimum absolute atomic E-state index is 0.843. The van der Waals surface area contributed by atoms with Gasteiger partial charge < -0.3 is 5.11 Å². The van der Waals surface area contributed by atoms with Crippen LogP contribution in [0.2, 0.25) is 0 Å². The van der Waals surface area contributed by atoms with Crippen molar-refractivity contribution >= 4 is 0 Å². The molecular formula is C7H6F3NO. The van der Waals surface area contributed by atoms with Crippen LogP contribution in [0.1, 0.15) is 14.0 Å². The fourth-order valence-corrected chi connectivity index (χ4v) is 0.721. The zero-order valence-corrected chi connectivity index (χ0v) is 5.76. The molecule has 0 atom stereocenters. The highest BCUT2D eigenvalue weighted by Gasteiger charge is 2.34. The number of halogens is 3. The van der Waals surface area contributed by atoms with Gasteiger partial charge in [-0.05, 0) is 6.07 Å². The lowest BCUT2D eigenvalue weighted by Gasteiger charge is -2.08. The third-order valence-electron chi connectivity index (χ3n) is 1.20. The van der Waals surface area contributed by atoms with Crippen LogP contribution in [0.25, 0.3) is 0 Å². The van der Waals surface area contributed by atoms with Crippen molar-refractivity contribution < 1.29 is 21.0 Å². The van der Waals surface area contributed by atoms with Crippen molar-refractivity contribution in [3.05, 3.63) is 29.6 Å². The number of nitrogens with zero attached hydrogens (tertiary/aromatic N) is 1. The van der Waals surface area contributed by atoms with E-state index in [-0.39, 0.29) is 0 Å². The summed E-state index contributed by atoms with van der Waals surface area (Å²) < 4.78 is 50.3. The molecule has 0 spiro atoms. The number of alkyl halides is 3. The van der Waals surface area contributed by atoms with Crippen molar-refractivity contribution in [3.8, 4) is 0 Å². The summed E-state index contributed by atoms with van der Waals surface area (Å²) in [5, 5.41) is 8.83. The second-order valence-electron chi connectivity index (χ2n) is 2.01. The molecule has 0 aliphatic heterocycles. The SMILES string of the molecule is [2H]C([2H])(O)c1cccnc1C(F)(F)F. The lowest BCUT2D eigenvalue weighted by Crippen LogP contribution is -2.11. The minimum atomic E-state index is -4.77. The molecule has 1 N–H and O–H groups in total. The Kier molecular flexibility index (Phi) is 1.66. The van der Waals surface area contributed by atoms with Crippen molar-refractivity contribution in [2.75, 3.05) is 0 Å². The second kappa shape index (κ2) is 3.10. The van der Waals surface area contributed by atoms with Gasteiger partial charge in [-0.15, -0.1) is 0 Å². The molecule has 1 aromatic rings. The summed E-state index contributed by atoms with van der Waals surface area (Å²) >= 11 is 0. The van der Waals surface area contributed by atoms with Crippen LogP contribution in [0.4, 0.5) is 13.2 Å². The van der Waals surface area contributed by atoms with Crippen LogP contribution in [0.5, 0.6) is 0 Å². The van der Waals surface area contributed by atoms with E-state index in [9.17, 15) is 13.2 Å². The van der Waals surface area contributed by atoms with Crippen molar-refractivity contribution in [3.63, 3.8) is 0 Å². The first kappa shape index (κ1) is 6.42. The molecule has 66 valence electrons. The molecule has 0 aliphatic rings. The summed E-state index contributed by atoms with van der Waals surface area (Å²) in [5.41, 5.74) is -2.29. The molecule has 0 fully saturated rings. The fraction of sp³-hybridized carbons (Fsp3) is 0.286. The summed E-state index contributed by atoms with van der Waals surface area (Å²) in [7, 11) is 0. The normalized spacial score (nSPS) is 15.3. The lowest BCUT2D eigenvalue weighted by atomic mass is 10.2. The molecule has 12 heavy (non-hydrogen) atoms. The number of aromatic nitrogens is 1. The van der Waals surface area contributed by atoms with E-state index in [0.717, 1.165) is 18.3 Å². The Balaban J connectivity index is 3.31. The van der Waals surface area contributed by atoms with Crippen LogP contribution in [-0.4, -0.2) is 10.1 Å². The average molecular weight is 179 g/mol. The fourth-order valence-electron chi connectivity index (χ4n) is 0.721. The van der Waals surface area contributed by atoms with Gasteiger partial charge in [0.25, 0.3) is 0 Å². The lowest BCUT2D eigenvalue weighted by molar-refractivity contribution is -0.142. The summed E-state index contributed by atoms with van der Waals surface area (Å²) in [6, 6.07) is 1.97. The maximum Gasteiger partial charge on any atom is 0.433 e. The average Bonchev–Trinajstić information content (AvgIpc) is 2.01. The maximum atomic E-state index is 12.2. The molecule has 0 amide bonds. The molecule has 2 nitrogen and oxygen atoms in total. The predicted molar refractivity (Wildman–Crippen MR) is 35.2 cm³/mol. The molecule has 0 aliphatic carbocycles. The summed E-state index contributed by atoms with van der Waals surface area (Å²) in [4.78, 5) is 2.99. The minimum Gasteiger partial charge on any atom is -0.392 e. The first-order chi connectivity index (χ1) is 6.23. The molecule has 1 heterocycles. The van der Waals surface area contributed by atoms with E-state index in [4.69, 9.17) is 7.85 Å². The Bertz CT molecular complexity index is 301. The summed E-state index contributed by atoms with van der Waals surface area (Å²) in [6.45, 7) is -3.04. The number of hydrogen-bond donors (Lipinski definition) is 1. The van der Waals surface area contributed by atoms with Crippen molar-refractivity contribution in [1.29, 1.82) is 0 Å². The number of aliphatic hydroxyl groups is 1. The van der Waals surface area contributed by atoms with Gasteiger partial charge >= 0.3 is 6.18 Å². The van der Waals surface area contributed by atoms with Crippen LogP contribution in [0.3, 0.4) is 0 Å².